The summed E-state index contributed by atoms with van der Waals surface area (Å²) in [4.78, 5) is 24.2. The van der Waals surface area contributed by atoms with Gasteiger partial charge in [-0.15, -0.1) is 10.2 Å². The van der Waals surface area contributed by atoms with Crippen LogP contribution in [0.5, 0.6) is 0 Å². The van der Waals surface area contributed by atoms with E-state index in [4.69, 9.17) is 9.47 Å². The Hall–Kier alpha value is -1.61. The normalized spacial score (nSPS) is 16.1. The van der Waals surface area contributed by atoms with Crippen molar-refractivity contribution in [1.29, 1.82) is 0 Å². The molecule has 1 aromatic rings. The van der Waals surface area contributed by atoms with E-state index in [0.29, 0.717) is 30.7 Å². The molecule has 0 spiro atoms. The van der Waals surface area contributed by atoms with Crippen LogP contribution in [0.3, 0.4) is 0 Å². The summed E-state index contributed by atoms with van der Waals surface area (Å²) < 4.78 is 12.1. The van der Waals surface area contributed by atoms with Crippen molar-refractivity contribution < 1.29 is 19.1 Å². The lowest BCUT2D eigenvalue weighted by Crippen LogP contribution is -2.33. The van der Waals surface area contributed by atoms with Gasteiger partial charge in [0.05, 0.1) is 18.5 Å². The highest BCUT2D eigenvalue weighted by molar-refractivity contribution is 8.00. The smallest absolute Gasteiger partial charge is 0.313 e. The molecule has 1 aliphatic rings. The first kappa shape index (κ1) is 21.7. The third kappa shape index (κ3) is 6.49. The van der Waals surface area contributed by atoms with Crippen LogP contribution in [-0.4, -0.2) is 58.8 Å². The van der Waals surface area contributed by atoms with Crippen LogP contribution in [0.1, 0.15) is 57.8 Å². The fraction of sp³-hybridized carbons (Fsp3) is 0.778. The maximum atomic E-state index is 12.3. The number of nitrogens with zero attached hydrogens (tertiary/aromatic N) is 3. The molecule has 1 atom stereocenters. The molecule has 0 radical (unpaired) electrons. The third-order valence-corrected chi connectivity index (χ3v) is 5.60. The number of carbonyl (C=O) groups is 2. The predicted molar refractivity (Wildman–Crippen MR) is 103 cm³/mol. The summed E-state index contributed by atoms with van der Waals surface area (Å²) in [5.41, 5.74) is 0. The average Bonchev–Trinajstić information content (AvgIpc) is 3.04. The molecule has 0 saturated heterocycles. The van der Waals surface area contributed by atoms with Crippen LogP contribution in [-0.2, 0) is 25.5 Å². The highest BCUT2D eigenvalue weighted by Crippen LogP contribution is 2.34. The van der Waals surface area contributed by atoms with Crippen LogP contribution >= 0.6 is 11.8 Å². The summed E-state index contributed by atoms with van der Waals surface area (Å²) in [6, 6.07) is 0.268. The molecule has 1 heterocycles. The molecular formula is C18H30N4O4S. The number of thioether (sulfide) groups is 1. The van der Waals surface area contributed by atoms with Gasteiger partial charge in [0.15, 0.2) is 5.16 Å². The van der Waals surface area contributed by atoms with Crippen molar-refractivity contribution in [2.45, 2.75) is 68.8 Å². The van der Waals surface area contributed by atoms with Crippen LogP contribution in [0.2, 0.25) is 0 Å². The molecule has 1 aromatic heterocycles. The van der Waals surface area contributed by atoms with Crippen LogP contribution in [0.4, 0.5) is 0 Å². The largest absolute Gasteiger partial charge is 0.466 e. The molecule has 0 unspecified atom stereocenters. The van der Waals surface area contributed by atoms with Crippen LogP contribution in [0.15, 0.2) is 5.16 Å². The number of amides is 1. The van der Waals surface area contributed by atoms with Gasteiger partial charge in [0.1, 0.15) is 12.2 Å². The Balaban J connectivity index is 2.13. The lowest BCUT2D eigenvalue weighted by Gasteiger charge is -2.26. The Morgan fingerprint density at radius 3 is 2.70 bits per heavy atom. The molecule has 1 fully saturated rings. The number of nitrogens with one attached hydrogen (secondary N) is 1. The van der Waals surface area contributed by atoms with E-state index in [2.05, 4.69) is 20.1 Å². The van der Waals surface area contributed by atoms with E-state index in [1.54, 1.807) is 14.0 Å². The van der Waals surface area contributed by atoms with Crippen molar-refractivity contribution in [1.82, 2.24) is 20.1 Å². The molecule has 8 nitrogen and oxygen atoms in total. The van der Waals surface area contributed by atoms with E-state index in [-0.39, 0.29) is 29.6 Å². The van der Waals surface area contributed by atoms with Gasteiger partial charge in [-0.1, -0.05) is 31.0 Å². The maximum absolute atomic E-state index is 12.3. The number of rotatable bonds is 10. The number of esters is 1. The van der Waals surface area contributed by atoms with E-state index in [1.165, 1.54) is 18.2 Å². The second kappa shape index (κ2) is 11.3. The number of methoxy groups -OCH3 is 1. The molecule has 0 bridgehead atoms. The van der Waals surface area contributed by atoms with Crippen molar-refractivity contribution in [3.8, 4) is 0 Å². The van der Waals surface area contributed by atoms with Gasteiger partial charge in [-0.05, 0) is 26.7 Å². The second-order valence-corrected chi connectivity index (χ2v) is 7.89. The zero-order valence-corrected chi connectivity index (χ0v) is 17.2. The van der Waals surface area contributed by atoms with Gasteiger partial charge in [-0.3, -0.25) is 9.59 Å². The molecular weight excluding hydrogens is 368 g/mol. The highest BCUT2D eigenvalue weighted by Gasteiger charge is 2.26. The molecule has 2 rings (SSSR count). The van der Waals surface area contributed by atoms with E-state index in [1.807, 2.05) is 6.92 Å². The van der Waals surface area contributed by atoms with E-state index >= 15 is 0 Å². The van der Waals surface area contributed by atoms with E-state index in [9.17, 15) is 9.59 Å². The molecule has 0 aromatic carbocycles. The van der Waals surface area contributed by atoms with Crippen molar-refractivity contribution in [3.05, 3.63) is 5.82 Å². The summed E-state index contributed by atoms with van der Waals surface area (Å²) in [7, 11) is 1.60. The fourth-order valence-corrected chi connectivity index (χ4v) is 4.15. The zero-order valence-electron chi connectivity index (χ0n) is 16.4. The van der Waals surface area contributed by atoms with Gasteiger partial charge in [0, 0.05) is 19.7 Å². The van der Waals surface area contributed by atoms with E-state index < -0.39 is 0 Å². The molecule has 1 aliphatic carbocycles. The molecule has 0 aliphatic heterocycles. The van der Waals surface area contributed by atoms with Gasteiger partial charge >= 0.3 is 5.97 Å². The van der Waals surface area contributed by atoms with Crippen LogP contribution in [0.25, 0.3) is 0 Å². The minimum absolute atomic E-state index is 0.0674. The van der Waals surface area contributed by atoms with Crippen LogP contribution in [0, 0.1) is 0 Å². The van der Waals surface area contributed by atoms with Crippen molar-refractivity contribution >= 4 is 23.6 Å². The fourth-order valence-electron chi connectivity index (χ4n) is 3.19. The number of ether oxygens (including phenoxy) is 2. The number of hydrogen-bond acceptors (Lipinski definition) is 7. The van der Waals surface area contributed by atoms with Crippen molar-refractivity contribution in [3.63, 3.8) is 0 Å². The van der Waals surface area contributed by atoms with Gasteiger partial charge in [0.2, 0.25) is 5.91 Å². The van der Waals surface area contributed by atoms with Gasteiger partial charge in [-0.2, -0.15) is 0 Å². The average molecular weight is 399 g/mol. The summed E-state index contributed by atoms with van der Waals surface area (Å²) in [6.07, 6.45) is 5.71. The molecule has 1 amide bonds. The molecule has 152 valence electrons. The first-order chi connectivity index (χ1) is 13.1. The molecule has 9 heteroatoms. The minimum atomic E-state index is -0.316. The van der Waals surface area contributed by atoms with Crippen molar-refractivity contribution in [2.75, 3.05) is 26.9 Å². The maximum Gasteiger partial charge on any atom is 0.313 e. The highest BCUT2D eigenvalue weighted by atomic mass is 32.2. The van der Waals surface area contributed by atoms with Gasteiger partial charge in [0.25, 0.3) is 0 Å². The first-order valence-electron chi connectivity index (χ1n) is 9.59. The van der Waals surface area contributed by atoms with Crippen LogP contribution < -0.4 is 5.32 Å². The minimum Gasteiger partial charge on any atom is -0.466 e. The topological polar surface area (TPSA) is 95.3 Å². The summed E-state index contributed by atoms with van der Waals surface area (Å²) >= 11 is 1.38. The lowest BCUT2D eigenvalue weighted by atomic mass is 9.95. The zero-order chi connectivity index (χ0) is 19.6. The Bertz CT molecular complexity index is 617. The Morgan fingerprint density at radius 1 is 1.30 bits per heavy atom. The molecule has 1 N–H and O–H groups in total. The summed E-state index contributed by atoms with van der Waals surface area (Å²) in [6.45, 7) is 4.93. The predicted octanol–water partition coefficient (Wildman–Crippen LogP) is 2.13. The Kier molecular flexibility index (Phi) is 9.06. The monoisotopic (exact) mass is 398 g/mol. The van der Waals surface area contributed by atoms with E-state index in [0.717, 1.165) is 25.7 Å². The molecule has 1 saturated carbocycles. The van der Waals surface area contributed by atoms with Gasteiger partial charge < -0.3 is 19.4 Å². The second-order valence-electron chi connectivity index (χ2n) is 6.59. The number of aromatic nitrogens is 3. The SMILES string of the molecule is CCOC(=O)Cc1nnc(S[C@@H](C)C(=O)NCCOC)n1C1CCCCC1. The quantitative estimate of drug-likeness (QED) is 0.366. The van der Waals surface area contributed by atoms with Gasteiger partial charge in [-0.25, -0.2) is 0 Å². The third-order valence-electron chi connectivity index (χ3n) is 4.54. The first-order valence-corrected chi connectivity index (χ1v) is 10.5. The summed E-state index contributed by atoms with van der Waals surface area (Å²) in [5, 5.41) is 11.7. The lowest BCUT2D eigenvalue weighted by molar-refractivity contribution is -0.142. The Morgan fingerprint density at radius 2 is 2.04 bits per heavy atom. The number of carbonyl (C=O) groups excluding carboxylic acids is 2. The van der Waals surface area contributed by atoms with Crippen molar-refractivity contribution in [2.24, 2.45) is 0 Å². The summed E-state index contributed by atoms with van der Waals surface area (Å²) in [5.74, 6) is 0.251. The Labute approximate surface area is 164 Å². The molecule has 27 heavy (non-hydrogen) atoms. The standard InChI is InChI=1S/C18H30N4O4S/c1-4-26-16(23)12-15-20-21-18(22(15)14-8-6-5-7-9-14)27-13(2)17(24)19-10-11-25-3/h13-14H,4-12H2,1-3H3,(H,19,24)/t13-/m0/s1. The number of hydrogen-bond donors (Lipinski definition) is 1.